The Balaban J connectivity index is 1.49. The van der Waals surface area contributed by atoms with Crippen LogP contribution in [0.25, 0.3) is 0 Å². The highest BCUT2D eigenvalue weighted by Crippen LogP contribution is 2.43. The molecule has 0 aromatic heterocycles. The molecular formula is C22H25FN2O. The molecule has 2 aromatic rings. The lowest BCUT2D eigenvalue weighted by molar-refractivity contribution is -0.136. The van der Waals surface area contributed by atoms with Crippen LogP contribution in [0.4, 0.5) is 10.1 Å². The molecule has 0 spiro atoms. The van der Waals surface area contributed by atoms with Crippen molar-refractivity contribution in [3.05, 3.63) is 66.0 Å². The first-order chi connectivity index (χ1) is 12.7. The van der Waals surface area contributed by atoms with Gasteiger partial charge in [0.05, 0.1) is 5.41 Å². The first kappa shape index (κ1) is 17.1. The van der Waals surface area contributed by atoms with E-state index in [0.29, 0.717) is 0 Å². The summed E-state index contributed by atoms with van der Waals surface area (Å²) in [6.07, 6.45) is 4.81. The normalized spacial score (nSPS) is 21.7. The minimum Gasteiger partial charge on any atom is -0.380 e. The zero-order valence-corrected chi connectivity index (χ0v) is 15.0. The first-order valence-electron chi connectivity index (χ1n) is 9.54. The third-order valence-corrected chi connectivity index (χ3v) is 5.88. The maximum absolute atomic E-state index is 13.5. The van der Waals surface area contributed by atoms with Crippen LogP contribution in [-0.4, -0.2) is 29.9 Å². The van der Waals surface area contributed by atoms with Crippen molar-refractivity contribution in [3.63, 3.8) is 0 Å². The average Bonchev–Trinajstić information content (AvgIpc) is 3.33. The van der Waals surface area contributed by atoms with Gasteiger partial charge >= 0.3 is 0 Å². The Morgan fingerprint density at radius 1 is 1.04 bits per heavy atom. The number of para-hydroxylation sites is 1. The van der Waals surface area contributed by atoms with Crippen molar-refractivity contribution < 1.29 is 9.18 Å². The molecule has 3 nitrogen and oxygen atoms in total. The molecule has 2 aliphatic rings. The third kappa shape index (κ3) is 3.20. The van der Waals surface area contributed by atoms with E-state index >= 15 is 0 Å². The predicted octanol–water partition coefficient (Wildman–Crippen LogP) is 4.35. The summed E-state index contributed by atoms with van der Waals surface area (Å²) in [4.78, 5) is 15.5. The second kappa shape index (κ2) is 7.10. The molecule has 0 bridgehead atoms. The molecule has 1 N–H and O–H groups in total. The van der Waals surface area contributed by atoms with Crippen molar-refractivity contribution in [1.29, 1.82) is 0 Å². The number of benzene rings is 2. The highest BCUT2D eigenvalue weighted by atomic mass is 19.1. The molecule has 1 aliphatic heterocycles. The Hall–Kier alpha value is -2.36. The third-order valence-electron chi connectivity index (χ3n) is 5.88. The average molecular weight is 352 g/mol. The van der Waals surface area contributed by atoms with Crippen LogP contribution in [0.2, 0.25) is 0 Å². The van der Waals surface area contributed by atoms with E-state index in [1.165, 1.54) is 12.1 Å². The number of carbonyl (C=O) groups is 1. The van der Waals surface area contributed by atoms with Gasteiger partial charge in [-0.2, -0.15) is 0 Å². The Labute approximate surface area is 154 Å². The van der Waals surface area contributed by atoms with Crippen LogP contribution in [0.1, 0.15) is 37.7 Å². The molecule has 2 aromatic carbocycles. The number of nitrogens with one attached hydrogen (secondary N) is 1. The molecule has 26 heavy (non-hydrogen) atoms. The van der Waals surface area contributed by atoms with Gasteiger partial charge in [0.1, 0.15) is 5.82 Å². The summed E-state index contributed by atoms with van der Waals surface area (Å²) in [6.45, 7) is 1.52. The lowest BCUT2D eigenvalue weighted by Gasteiger charge is -2.33. The summed E-state index contributed by atoms with van der Waals surface area (Å²) in [6, 6.07) is 17.0. The van der Waals surface area contributed by atoms with Crippen LogP contribution >= 0.6 is 0 Å². The van der Waals surface area contributed by atoms with Gasteiger partial charge in [0.25, 0.3) is 0 Å². The number of hydrogen-bond donors (Lipinski definition) is 1. The van der Waals surface area contributed by atoms with Gasteiger partial charge in [-0.3, -0.25) is 4.79 Å². The van der Waals surface area contributed by atoms with E-state index in [1.54, 1.807) is 12.1 Å². The molecular weight excluding hydrogens is 327 g/mol. The summed E-state index contributed by atoms with van der Waals surface area (Å²) < 4.78 is 13.4. The van der Waals surface area contributed by atoms with E-state index in [0.717, 1.165) is 56.4 Å². The number of rotatable bonds is 4. The molecule has 136 valence electrons. The molecule has 1 heterocycles. The van der Waals surface area contributed by atoms with Crippen LogP contribution in [0, 0.1) is 5.82 Å². The molecule has 1 unspecified atom stereocenters. The smallest absolute Gasteiger partial charge is 0.233 e. The van der Waals surface area contributed by atoms with Crippen LogP contribution in [-0.2, 0) is 10.2 Å². The summed E-state index contributed by atoms with van der Waals surface area (Å²) in [5.41, 5.74) is 1.61. The Bertz CT molecular complexity index is 753. The topological polar surface area (TPSA) is 32.3 Å². The zero-order chi connectivity index (χ0) is 18.0. The zero-order valence-electron chi connectivity index (χ0n) is 15.0. The van der Waals surface area contributed by atoms with E-state index in [-0.39, 0.29) is 17.8 Å². The van der Waals surface area contributed by atoms with Gasteiger partial charge < -0.3 is 10.2 Å². The van der Waals surface area contributed by atoms with Gasteiger partial charge in [-0.05, 0) is 49.1 Å². The fourth-order valence-electron chi connectivity index (χ4n) is 4.51. The van der Waals surface area contributed by atoms with Gasteiger partial charge in [-0.15, -0.1) is 0 Å². The lowest BCUT2D eigenvalue weighted by Crippen LogP contribution is -2.45. The molecule has 1 atom stereocenters. The Morgan fingerprint density at radius 2 is 1.73 bits per heavy atom. The maximum Gasteiger partial charge on any atom is 0.233 e. The fraction of sp³-hybridized carbons (Fsp3) is 0.409. The first-order valence-corrected chi connectivity index (χ1v) is 9.54. The van der Waals surface area contributed by atoms with Crippen LogP contribution in [0.5, 0.6) is 0 Å². The van der Waals surface area contributed by atoms with Crippen molar-refractivity contribution in [2.45, 2.75) is 43.6 Å². The molecule has 1 saturated carbocycles. The quantitative estimate of drug-likeness (QED) is 0.887. The number of carbonyl (C=O) groups excluding carboxylic acids is 1. The van der Waals surface area contributed by atoms with Crippen LogP contribution < -0.4 is 5.32 Å². The van der Waals surface area contributed by atoms with E-state index in [9.17, 15) is 9.18 Å². The summed E-state index contributed by atoms with van der Waals surface area (Å²) in [5.74, 6) is -0.0263. The van der Waals surface area contributed by atoms with Gasteiger partial charge in [-0.1, -0.05) is 43.2 Å². The number of halogens is 1. The number of amides is 1. The van der Waals surface area contributed by atoms with E-state index in [1.807, 2.05) is 23.1 Å². The monoisotopic (exact) mass is 352 g/mol. The Morgan fingerprint density at radius 3 is 2.42 bits per heavy atom. The number of anilines is 1. The number of hydrogen-bond acceptors (Lipinski definition) is 2. The molecule has 1 aliphatic carbocycles. The van der Waals surface area contributed by atoms with Gasteiger partial charge in [0, 0.05) is 24.8 Å². The molecule has 4 rings (SSSR count). The second-order valence-corrected chi connectivity index (χ2v) is 7.54. The van der Waals surface area contributed by atoms with Crippen molar-refractivity contribution in [2.24, 2.45) is 0 Å². The molecule has 4 heteroatoms. The van der Waals surface area contributed by atoms with E-state index in [2.05, 4.69) is 17.4 Å². The minimum atomic E-state index is -0.463. The summed E-state index contributed by atoms with van der Waals surface area (Å²) in [5, 5.41) is 3.53. The lowest BCUT2D eigenvalue weighted by atomic mass is 9.77. The van der Waals surface area contributed by atoms with Crippen molar-refractivity contribution in [2.75, 3.05) is 18.4 Å². The molecule has 1 amide bonds. The molecule has 2 fully saturated rings. The predicted molar refractivity (Wildman–Crippen MR) is 102 cm³/mol. The van der Waals surface area contributed by atoms with Gasteiger partial charge in [-0.25, -0.2) is 4.39 Å². The van der Waals surface area contributed by atoms with Gasteiger partial charge in [0.2, 0.25) is 5.91 Å². The van der Waals surface area contributed by atoms with Crippen LogP contribution in [0.15, 0.2) is 54.6 Å². The van der Waals surface area contributed by atoms with Gasteiger partial charge in [0.15, 0.2) is 0 Å². The minimum absolute atomic E-state index is 0.221. The SMILES string of the molecule is O=C(N1CCC(Nc2ccccc2)C1)C1(c2ccc(F)cc2)CCCC1. The fourth-order valence-corrected chi connectivity index (χ4v) is 4.51. The summed E-state index contributed by atoms with van der Waals surface area (Å²) in [7, 11) is 0. The van der Waals surface area contributed by atoms with Crippen molar-refractivity contribution in [1.82, 2.24) is 4.90 Å². The van der Waals surface area contributed by atoms with E-state index in [4.69, 9.17) is 0 Å². The standard InChI is InChI=1S/C22H25FN2O/c23-18-10-8-17(9-11-18)22(13-4-5-14-22)21(26)25-15-12-20(16-25)24-19-6-2-1-3-7-19/h1-3,6-11,20,24H,4-5,12-16H2. The maximum atomic E-state index is 13.5. The number of likely N-dealkylation sites (tertiary alicyclic amines) is 1. The molecule has 0 radical (unpaired) electrons. The highest BCUT2D eigenvalue weighted by Gasteiger charge is 2.46. The highest BCUT2D eigenvalue weighted by molar-refractivity contribution is 5.89. The summed E-state index contributed by atoms with van der Waals surface area (Å²) >= 11 is 0. The number of nitrogens with zero attached hydrogens (tertiary/aromatic N) is 1. The molecule has 1 saturated heterocycles. The Kier molecular flexibility index (Phi) is 4.66. The second-order valence-electron chi connectivity index (χ2n) is 7.54. The largest absolute Gasteiger partial charge is 0.380 e. The van der Waals surface area contributed by atoms with E-state index < -0.39 is 5.41 Å². The van der Waals surface area contributed by atoms with Crippen molar-refractivity contribution in [3.8, 4) is 0 Å². The van der Waals surface area contributed by atoms with Crippen molar-refractivity contribution >= 4 is 11.6 Å². The van der Waals surface area contributed by atoms with Crippen LogP contribution in [0.3, 0.4) is 0 Å².